The number of hydrogen-bond acceptors (Lipinski definition) is 5. The summed E-state index contributed by atoms with van der Waals surface area (Å²) in [6.45, 7) is 15.0. The van der Waals surface area contributed by atoms with E-state index in [0.29, 0.717) is 23.9 Å². The molecule has 0 unspecified atom stereocenters. The molecule has 0 aromatic heterocycles. The second-order valence-corrected chi connectivity index (χ2v) is 11.5. The van der Waals surface area contributed by atoms with Crippen molar-refractivity contribution in [3.05, 3.63) is 29.8 Å². The van der Waals surface area contributed by atoms with Crippen LogP contribution in [0.15, 0.2) is 34.2 Å². The average Bonchev–Trinajstić information content (AvgIpc) is 2.70. The molecule has 0 amide bonds. The summed E-state index contributed by atoms with van der Waals surface area (Å²) in [6.07, 6.45) is 0. The summed E-state index contributed by atoms with van der Waals surface area (Å²) >= 11 is 0. The highest BCUT2D eigenvalue weighted by Gasteiger charge is 2.28. The Balaban J connectivity index is 0.00000480. The smallest absolute Gasteiger partial charge is 0.191 e. The fourth-order valence-corrected chi connectivity index (χ4v) is 4.54. The number of nitrogens with zero attached hydrogens (tertiary/aromatic N) is 2. The molecule has 1 fully saturated rings. The molecule has 1 saturated heterocycles. The minimum absolute atomic E-state index is 0. The molecule has 0 radical (unpaired) electrons. The molecule has 0 aliphatic carbocycles. The SMILES string of the molecule is CN=C(NCCS(=O)(=O)c1ccc(C(C)(C)C)cc1)NCC(C)(C)N1CCOCC1.I. The predicted molar refractivity (Wildman–Crippen MR) is 138 cm³/mol. The molecule has 0 saturated carbocycles. The molecule has 1 aromatic rings. The molecule has 1 aliphatic rings. The lowest BCUT2D eigenvalue weighted by Gasteiger charge is -2.41. The van der Waals surface area contributed by atoms with Gasteiger partial charge in [-0.2, -0.15) is 0 Å². The van der Waals surface area contributed by atoms with E-state index >= 15 is 0 Å². The maximum Gasteiger partial charge on any atom is 0.191 e. The molecule has 1 aromatic carbocycles. The molecular weight excluding hydrogens is 527 g/mol. The van der Waals surface area contributed by atoms with Crippen LogP contribution in [0.25, 0.3) is 0 Å². The monoisotopic (exact) mass is 566 g/mol. The average molecular weight is 567 g/mol. The Bertz CT molecular complexity index is 812. The minimum Gasteiger partial charge on any atom is -0.379 e. The van der Waals surface area contributed by atoms with Gasteiger partial charge in [0.05, 0.1) is 23.9 Å². The zero-order chi connectivity index (χ0) is 22.4. The van der Waals surface area contributed by atoms with Crippen LogP contribution in [-0.2, 0) is 20.0 Å². The number of aliphatic imine (C=N–C) groups is 1. The number of ether oxygens (including phenoxy) is 1. The highest BCUT2D eigenvalue weighted by Crippen LogP contribution is 2.23. The summed E-state index contributed by atoms with van der Waals surface area (Å²) in [5, 5.41) is 6.44. The van der Waals surface area contributed by atoms with E-state index < -0.39 is 9.84 Å². The van der Waals surface area contributed by atoms with Crippen LogP contribution < -0.4 is 10.6 Å². The van der Waals surface area contributed by atoms with Crippen molar-refractivity contribution in [3.63, 3.8) is 0 Å². The van der Waals surface area contributed by atoms with Crippen LogP contribution >= 0.6 is 24.0 Å². The molecule has 9 heteroatoms. The summed E-state index contributed by atoms with van der Waals surface area (Å²) in [6, 6.07) is 7.20. The Morgan fingerprint density at radius 2 is 1.65 bits per heavy atom. The van der Waals surface area contributed by atoms with Crippen molar-refractivity contribution >= 4 is 39.8 Å². The van der Waals surface area contributed by atoms with Gasteiger partial charge in [-0.3, -0.25) is 9.89 Å². The standard InChI is InChI=1S/C22H38N4O3S.HI/c1-21(2,3)18-7-9-19(10-8-18)30(27,28)16-11-24-20(23-6)25-17-22(4,5)26-12-14-29-15-13-26;/h7-10H,11-17H2,1-6H3,(H2,23,24,25);1H. The van der Waals surface area contributed by atoms with Crippen molar-refractivity contribution in [1.29, 1.82) is 0 Å². The van der Waals surface area contributed by atoms with Gasteiger partial charge in [0.2, 0.25) is 0 Å². The Morgan fingerprint density at radius 3 is 2.16 bits per heavy atom. The Labute approximate surface area is 205 Å². The summed E-state index contributed by atoms with van der Waals surface area (Å²) < 4.78 is 30.8. The van der Waals surface area contributed by atoms with Crippen LogP contribution in [0, 0.1) is 0 Å². The molecule has 1 heterocycles. The number of hydrogen-bond donors (Lipinski definition) is 2. The van der Waals surface area contributed by atoms with E-state index in [9.17, 15) is 8.42 Å². The summed E-state index contributed by atoms with van der Waals surface area (Å²) in [5.74, 6) is 0.615. The Kier molecular flexibility index (Phi) is 10.7. The van der Waals surface area contributed by atoms with E-state index in [2.05, 4.69) is 55.1 Å². The van der Waals surface area contributed by atoms with E-state index in [4.69, 9.17) is 4.74 Å². The van der Waals surface area contributed by atoms with Crippen molar-refractivity contribution in [2.45, 2.75) is 50.5 Å². The second-order valence-electron chi connectivity index (χ2n) is 9.36. The first-order valence-corrected chi connectivity index (χ1v) is 12.2. The lowest BCUT2D eigenvalue weighted by Crippen LogP contribution is -2.56. The first-order chi connectivity index (χ1) is 14.0. The summed E-state index contributed by atoms with van der Waals surface area (Å²) in [7, 11) is -1.66. The molecule has 2 rings (SSSR count). The third-order valence-electron chi connectivity index (χ3n) is 5.52. The third-order valence-corrected chi connectivity index (χ3v) is 7.25. The molecule has 0 bridgehead atoms. The van der Waals surface area contributed by atoms with Gasteiger partial charge in [-0.15, -0.1) is 24.0 Å². The van der Waals surface area contributed by atoms with Crippen LogP contribution in [0.2, 0.25) is 0 Å². The molecule has 178 valence electrons. The Hall–Kier alpha value is -0.910. The van der Waals surface area contributed by atoms with E-state index in [1.54, 1.807) is 19.2 Å². The van der Waals surface area contributed by atoms with E-state index in [1.165, 1.54) is 0 Å². The van der Waals surface area contributed by atoms with Gasteiger partial charge >= 0.3 is 0 Å². The van der Waals surface area contributed by atoms with Crippen LogP contribution in [0.3, 0.4) is 0 Å². The molecule has 7 nitrogen and oxygen atoms in total. The van der Waals surface area contributed by atoms with Gasteiger partial charge in [-0.1, -0.05) is 32.9 Å². The van der Waals surface area contributed by atoms with Crippen molar-refractivity contribution in [2.24, 2.45) is 4.99 Å². The van der Waals surface area contributed by atoms with Crippen molar-refractivity contribution in [1.82, 2.24) is 15.5 Å². The number of morpholine rings is 1. The van der Waals surface area contributed by atoms with E-state index in [-0.39, 0.29) is 40.7 Å². The van der Waals surface area contributed by atoms with Crippen molar-refractivity contribution in [2.75, 3.05) is 52.2 Å². The van der Waals surface area contributed by atoms with Gasteiger partial charge in [0, 0.05) is 38.8 Å². The third kappa shape index (κ3) is 8.51. The molecule has 2 N–H and O–H groups in total. The fraction of sp³-hybridized carbons (Fsp3) is 0.682. The summed E-state index contributed by atoms with van der Waals surface area (Å²) in [5.41, 5.74) is 1.06. The van der Waals surface area contributed by atoms with Crippen LogP contribution in [-0.4, -0.2) is 77.0 Å². The number of guanidine groups is 1. The zero-order valence-electron chi connectivity index (χ0n) is 19.7. The quantitative estimate of drug-likeness (QED) is 0.300. The number of halogens is 1. The Morgan fingerprint density at radius 1 is 1.06 bits per heavy atom. The van der Waals surface area contributed by atoms with Gasteiger partial charge in [-0.05, 0) is 37.0 Å². The van der Waals surface area contributed by atoms with Crippen LogP contribution in [0.5, 0.6) is 0 Å². The number of benzene rings is 1. The summed E-state index contributed by atoms with van der Waals surface area (Å²) in [4.78, 5) is 6.97. The van der Waals surface area contributed by atoms with Crippen molar-refractivity contribution < 1.29 is 13.2 Å². The van der Waals surface area contributed by atoms with Crippen molar-refractivity contribution in [3.8, 4) is 0 Å². The lowest BCUT2D eigenvalue weighted by atomic mass is 9.87. The highest BCUT2D eigenvalue weighted by atomic mass is 127. The second kappa shape index (κ2) is 11.8. The fourth-order valence-electron chi connectivity index (χ4n) is 3.39. The maximum absolute atomic E-state index is 12.7. The van der Waals surface area contributed by atoms with Crippen LogP contribution in [0.1, 0.15) is 40.2 Å². The maximum atomic E-state index is 12.7. The normalized spacial score (nSPS) is 16.5. The number of nitrogens with one attached hydrogen (secondary N) is 2. The first kappa shape index (κ1) is 28.1. The molecule has 0 atom stereocenters. The van der Waals surface area contributed by atoms with E-state index in [1.807, 2.05) is 12.1 Å². The first-order valence-electron chi connectivity index (χ1n) is 10.6. The molecule has 0 spiro atoms. The van der Waals surface area contributed by atoms with Gasteiger partial charge < -0.3 is 15.4 Å². The number of sulfone groups is 1. The van der Waals surface area contributed by atoms with Crippen LogP contribution in [0.4, 0.5) is 0 Å². The minimum atomic E-state index is -3.35. The van der Waals surface area contributed by atoms with Gasteiger partial charge in [0.15, 0.2) is 15.8 Å². The molecular formula is C22H39IN4O3S. The van der Waals surface area contributed by atoms with Gasteiger partial charge in [0.25, 0.3) is 0 Å². The zero-order valence-corrected chi connectivity index (χ0v) is 22.8. The lowest BCUT2D eigenvalue weighted by molar-refractivity contribution is -0.00833. The molecule has 1 aliphatic heterocycles. The van der Waals surface area contributed by atoms with Gasteiger partial charge in [0.1, 0.15) is 0 Å². The predicted octanol–water partition coefficient (Wildman–Crippen LogP) is 2.65. The largest absolute Gasteiger partial charge is 0.379 e. The highest BCUT2D eigenvalue weighted by molar-refractivity contribution is 14.0. The number of rotatable bonds is 7. The topological polar surface area (TPSA) is 83.0 Å². The van der Waals surface area contributed by atoms with Gasteiger partial charge in [-0.25, -0.2) is 8.42 Å². The van der Waals surface area contributed by atoms with E-state index in [0.717, 1.165) is 31.9 Å². The molecule has 31 heavy (non-hydrogen) atoms.